The van der Waals surface area contributed by atoms with Gasteiger partial charge in [0.05, 0.1) is 24.9 Å². The van der Waals surface area contributed by atoms with Crippen molar-refractivity contribution in [3.63, 3.8) is 0 Å². The summed E-state index contributed by atoms with van der Waals surface area (Å²) in [6.07, 6.45) is 7.54. The summed E-state index contributed by atoms with van der Waals surface area (Å²) >= 11 is 0. The minimum Gasteiger partial charge on any atom is -0.396 e. The molecule has 7 heteroatoms. The summed E-state index contributed by atoms with van der Waals surface area (Å²) in [5.74, 6) is 1.44. The molecular formula is C19H33N3O4. The summed E-state index contributed by atoms with van der Waals surface area (Å²) in [6, 6.07) is 0.141. The first kappa shape index (κ1) is 18.6. The quantitative estimate of drug-likeness (QED) is 0.590. The zero-order chi connectivity index (χ0) is 18.1. The number of rotatable bonds is 4. The lowest BCUT2D eigenvalue weighted by molar-refractivity contribution is -0.127. The zero-order valence-electron chi connectivity index (χ0n) is 15.7. The average molecular weight is 367 g/mol. The SMILES string of the molecule is CC1NC(C2CCC3C(C2)OC[C@H]3NC(=O)C2CCCC(CO)C2)NO1. The van der Waals surface area contributed by atoms with Crippen LogP contribution in [0, 0.1) is 23.7 Å². The largest absolute Gasteiger partial charge is 0.396 e. The number of hydroxylamine groups is 1. The van der Waals surface area contributed by atoms with E-state index in [1.54, 1.807) is 0 Å². The van der Waals surface area contributed by atoms with E-state index in [4.69, 9.17) is 9.57 Å². The monoisotopic (exact) mass is 367 g/mol. The number of nitrogens with one attached hydrogen (secondary N) is 3. The van der Waals surface area contributed by atoms with E-state index in [0.717, 1.165) is 44.9 Å². The van der Waals surface area contributed by atoms with Gasteiger partial charge in [0.2, 0.25) is 5.91 Å². The molecule has 8 atom stereocenters. The van der Waals surface area contributed by atoms with E-state index in [1.165, 1.54) is 0 Å². The summed E-state index contributed by atoms with van der Waals surface area (Å²) in [4.78, 5) is 18.1. The van der Waals surface area contributed by atoms with Crippen LogP contribution in [0.5, 0.6) is 0 Å². The number of aliphatic hydroxyl groups excluding tert-OH is 1. The highest BCUT2D eigenvalue weighted by molar-refractivity contribution is 5.79. The summed E-state index contributed by atoms with van der Waals surface area (Å²) < 4.78 is 6.07. The Balaban J connectivity index is 1.28. The van der Waals surface area contributed by atoms with Crippen molar-refractivity contribution < 1.29 is 19.5 Å². The Morgan fingerprint density at radius 3 is 2.88 bits per heavy atom. The maximum absolute atomic E-state index is 12.7. The van der Waals surface area contributed by atoms with Gasteiger partial charge >= 0.3 is 0 Å². The van der Waals surface area contributed by atoms with Gasteiger partial charge in [-0.15, -0.1) is 0 Å². The van der Waals surface area contributed by atoms with Gasteiger partial charge in [0, 0.05) is 18.4 Å². The molecular weight excluding hydrogens is 334 g/mol. The van der Waals surface area contributed by atoms with Crippen LogP contribution in [0.2, 0.25) is 0 Å². The van der Waals surface area contributed by atoms with E-state index in [0.29, 0.717) is 24.4 Å². The van der Waals surface area contributed by atoms with Crippen LogP contribution < -0.4 is 16.1 Å². The van der Waals surface area contributed by atoms with Crippen molar-refractivity contribution in [2.24, 2.45) is 23.7 Å². The van der Waals surface area contributed by atoms with E-state index in [1.807, 2.05) is 6.92 Å². The van der Waals surface area contributed by atoms with Crippen molar-refractivity contribution in [3.05, 3.63) is 0 Å². The summed E-state index contributed by atoms with van der Waals surface area (Å²) in [5, 5.41) is 16.1. The van der Waals surface area contributed by atoms with Gasteiger partial charge in [0.1, 0.15) is 6.23 Å². The maximum atomic E-state index is 12.7. The van der Waals surface area contributed by atoms with Gasteiger partial charge in [-0.1, -0.05) is 6.42 Å². The fraction of sp³-hybridized carbons (Fsp3) is 0.947. The number of hydrogen-bond acceptors (Lipinski definition) is 6. The molecule has 4 N–H and O–H groups in total. The first-order chi connectivity index (χ1) is 12.6. The highest BCUT2D eigenvalue weighted by Gasteiger charge is 2.45. The minimum atomic E-state index is 0.0486. The Morgan fingerprint density at radius 1 is 1.23 bits per heavy atom. The highest BCUT2D eigenvalue weighted by Crippen LogP contribution is 2.39. The van der Waals surface area contributed by atoms with Crippen molar-refractivity contribution >= 4 is 5.91 Å². The summed E-state index contributed by atoms with van der Waals surface area (Å²) in [5.41, 5.74) is 3.10. The number of carbonyl (C=O) groups excluding carboxylic acids is 1. The Hall–Kier alpha value is -0.730. The molecule has 7 unspecified atom stereocenters. The van der Waals surface area contributed by atoms with Crippen molar-refractivity contribution in [2.45, 2.75) is 76.4 Å². The molecule has 2 saturated heterocycles. The first-order valence-corrected chi connectivity index (χ1v) is 10.3. The molecule has 0 aromatic carbocycles. The van der Waals surface area contributed by atoms with Gasteiger partial charge < -0.3 is 15.2 Å². The Labute approximate surface area is 155 Å². The normalized spacial score (nSPS) is 46.1. The smallest absolute Gasteiger partial charge is 0.223 e. The van der Waals surface area contributed by atoms with Crippen LogP contribution >= 0.6 is 0 Å². The lowest BCUT2D eigenvalue weighted by atomic mass is 9.76. The van der Waals surface area contributed by atoms with Crippen LogP contribution in [0.3, 0.4) is 0 Å². The number of amides is 1. The fourth-order valence-corrected chi connectivity index (χ4v) is 5.36. The van der Waals surface area contributed by atoms with Gasteiger partial charge in [-0.3, -0.25) is 14.9 Å². The lowest BCUT2D eigenvalue weighted by Crippen LogP contribution is -2.48. The van der Waals surface area contributed by atoms with Crippen molar-refractivity contribution in [1.29, 1.82) is 0 Å². The van der Waals surface area contributed by atoms with Gasteiger partial charge in [-0.05, 0) is 57.3 Å². The molecule has 2 saturated carbocycles. The maximum Gasteiger partial charge on any atom is 0.223 e. The second kappa shape index (κ2) is 8.10. The summed E-state index contributed by atoms with van der Waals surface area (Å²) in [6.45, 7) is 2.83. The van der Waals surface area contributed by atoms with Crippen molar-refractivity contribution in [3.8, 4) is 0 Å². The summed E-state index contributed by atoms with van der Waals surface area (Å²) in [7, 11) is 0. The van der Waals surface area contributed by atoms with E-state index in [2.05, 4.69) is 16.1 Å². The lowest BCUT2D eigenvalue weighted by Gasteiger charge is -2.35. The van der Waals surface area contributed by atoms with Crippen molar-refractivity contribution in [1.82, 2.24) is 16.1 Å². The molecule has 2 aliphatic heterocycles. The molecule has 0 aromatic heterocycles. The molecule has 4 aliphatic rings. The Kier molecular flexibility index (Phi) is 5.81. The van der Waals surface area contributed by atoms with E-state index < -0.39 is 0 Å². The van der Waals surface area contributed by atoms with Crippen LogP contribution in [-0.4, -0.2) is 48.8 Å². The fourth-order valence-electron chi connectivity index (χ4n) is 5.36. The van der Waals surface area contributed by atoms with Crippen LogP contribution in [0.25, 0.3) is 0 Å². The molecule has 148 valence electrons. The number of ether oxygens (including phenoxy) is 1. The molecule has 0 bridgehead atoms. The van der Waals surface area contributed by atoms with Gasteiger partial charge in [-0.2, -0.15) is 5.48 Å². The third kappa shape index (κ3) is 3.92. The van der Waals surface area contributed by atoms with Crippen LogP contribution in [-0.2, 0) is 14.4 Å². The predicted octanol–water partition coefficient (Wildman–Crippen LogP) is 0.882. The van der Waals surface area contributed by atoms with E-state index in [-0.39, 0.29) is 43.0 Å². The second-order valence-corrected chi connectivity index (χ2v) is 8.66. The predicted molar refractivity (Wildman–Crippen MR) is 95.6 cm³/mol. The minimum absolute atomic E-state index is 0.0486. The number of hydrogen-bond donors (Lipinski definition) is 4. The molecule has 0 aromatic rings. The Bertz CT molecular complexity index is 505. The molecule has 2 aliphatic carbocycles. The molecule has 1 amide bonds. The molecule has 0 spiro atoms. The number of aliphatic hydroxyl groups is 1. The molecule has 4 rings (SSSR count). The molecule has 4 fully saturated rings. The van der Waals surface area contributed by atoms with E-state index in [9.17, 15) is 9.90 Å². The third-order valence-corrected chi connectivity index (χ3v) is 6.89. The van der Waals surface area contributed by atoms with Gasteiger partial charge in [0.15, 0.2) is 0 Å². The molecule has 26 heavy (non-hydrogen) atoms. The average Bonchev–Trinajstić information content (AvgIpc) is 3.28. The van der Waals surface area contributed by atoms with Crippen LogP contribution in [0.4, 0.5) is 0 Å². The highest BCUT2D eigenvalue weighted by atomic mass is 16.7. The van der Waals surface area contributed by atoms with Crippen LogP contribution in [0.15, 0.2) is 0 Å². The standard InChI is InChI=1S/C19H33N3O4/c1-11-20-18(22-26-11)13-5-6-15-16(10-25-17(15)8-13)21-19(24)14-4-2-3-12(7-14)9-23/h11-18,20,22-23H,2-10H2,1H3,(H,21,24)/t11?,12?,13?,14?,15?,16-,17?,18?/m1/s1. The van der Waals surface area contributed by atoms with Gasteiger partial charge in [0.25, 0.3) is 0 Å². The number of carbonyl (C=O) groups is 1. The topological polar surface area (TPSA) is 91.9 Å². The van der Waals surface area contributed by atoms with Crippen molar-refractivity contribution in [2.75, 3.05) is 13.2 Å². The zero-order valence-corrected chi connectivity index (χ0v) is 15.7. The first-order valence-electron chi connectivity index (χ1n) is 10.3. The second-order valence-electron chi connectivity index (χ2n) is 8.66. The number of fused-ring (bicyclic) bond motifs is 1. The molecule has 2 heterocycles. The van der Waals surface area contributed by atoms with E-state index >= 15 is 0 Å². The molecule has 0 radical (unpaired) electrons. The third-order valence-electron chi connectivity index (χ3n) is 6.89. The molecule has 7 nitrogen and oxygen atoms in total. The van der Waals surface area contributed by atoms with Gasteiger partial charge in [-0.25, -0.2) is 0 Å². The Morgan fingerprint density at radius 2 is 2.12 bits per heavy atom. The van der Waals surface area contributed by atoms with Crippen LogP contribution in [0.1, 0.15) is 51.9 Å².